The first-order valence-corrected chi connectivity index (χ1v) is 7.09. The fourth-order valence-corrected chi connectivity index (χ4v) is 1.94. The molecule has 114 valence electrons. The fourth-order valence-electron chi connectivity index (χ4n) is 1.94. The van der Waals surface area contributed by atoms with Crippen molar-refractivity contribution in [1.29, 1.82) is 0 Å². The van der Waals surface area contributed by atoms with E-state index in [0.717, 1.165) is 30.1 Å². The van der Waals surface area contributed by atoms with Crippen LogP contribution in [0.25, 0.3) is 0 Å². The van der Waals surface area contributed by atoms with Gasteiger partial charge in [-0.05, 0) is 37.1 Å². The van der Waals surface area contributed by atoms with Crippen LogP contribution >= 0.6 is 0 Å². The summed E-state index contributed by atoms with van der Waals surface area (Å²) in [6.45, 7) is 5.85. The van der Waals surface area contributed by atoms with Crippen LogP contribution in [0.5, 0.6) is 11.5 Å². The van der Waals surface area contributed by atoms with Crippen LogP contribution in [-0.4, -0.2) is 34.5 Å². The molecule has 0 aliphatic rings. The van der Waals surface area contributed by atoms with Gasteiger partial charge in [0.15, 0.2) is 11.5 Å². The van der Waals surface area contributed by atoms with Crippen LogP contribution in [0.3, 0.4) is 0 Å². The molecule has 0 heterocycles. The van der Waals surface area contributed by atoms with E-state index in [0.29, 0.717) is 12.5 Å². The Bertz CT molecular complexity index is 393. The zero-order valence-electron chi connectivity index (χ0n) is 13.2. The number of nitrogens with one attached hydrogen (secondary N) is 1. The average Bonchev–Trinajstić information content (AvgIpc) is 2.46. The molecule has 0 bridgehead atoms. The standard InChI is InChI=1S/C16H27NO3/c1-12(2)8-9-20-11-14(17-3)13-6-7-15(18-4)16(10-13)19-5/h6-7,10,12,14,17H,8-9,11H2,1-5H3. The lowest BCUT2D eigenvalue weighted by Gasteiger charge is -2.19. The van der Waals surface area contributed by atoms with Crippen LogP contribution in [0.15, 0.2) is 18.2 Å². The van der Waals surface area contributed by atoms with E-state index in [9.17, 15) is 0 Å². The quantitative estimate of drug-likeness (QED) is 0.706. The van der Waals surface area contributed by atoms with Crippen molar-refractivity contribution in [2.45, 2.75) is 26.3 Å². The molecule has 0 radical (unpaired) electrons. The van der Waals surface area contributed by atoms with Gasteiger partial charge in [0.1, 0.15) is 0 Å². The molecule has 4 heteroatoms. The van der Waals surface area contributed by atoms with E-state index in [1.54, 1.807) is 14.2 Å². The van der Waals surface area contributed by atoms with Gasteiger partial charge in [-0.1, -0.05) is 19.9 Å². The molecule has 0 amide bonds. The molecule has 1 atom stereocenters. The second-order valence-electron chi connectivity index (χ2n) is 5.21. The third-order valence-corrected chi connectivity index (χ3v) is 3.28. The van der Waals surface area contributed by atoms with Crippen LogP contribution in [0.1, 0.15) is 31.9 Å². The summed E-state index contributed by atoms with van der Waals surface area (Å²) in [5.41, 5.74) is 1.13. The Morgan fingerprint density at radius 2 is 1.80 bits per heavy atom. The summed E-state index contributed by atoms with van der Waals surface area (Å²) in [4.78, 5) is 0. The van der Waals surface area contributed by atoms with E-state index in [-0.39, 0.29) is 6.04 Å². The molecule has 1 aromatic carbocycles. The molecule has 0 aliphatic heterocycles. The minimum Gasteiger partial charge on any atom is -0.493 e. The molecule has 0 fully saturated rings. The maximum absolute atomic E-state index is 5.75. The fraction of sp³-hybridized carbons (Fsp3) is 0.625. The van der Waals surface area contributed by atoms with Gasteiger partial charge < -0.3 is 19.5 Å². The summed E-state index contributed by atoms with van der Waals surface area (Å²) in [5.74, 6) is 2.16. The minimum atomic E-state index is 0.155. The lowest BCUT2D eigenvalue weighted by atomic mass is 10.1. The molecule has 0 spiro atoms. The van der Waals surface area contributed by atoms with E-state index in [1.165, 1.54) is 0 Å². The van der Waals surface area contributed by atoms with Crippen molar-refractivity contribution < 1.29 is 14.2 Å². The number of hydrogen-bond acceptors (Lipinski definition) is 4. The highest BCUT2D eigenvalue weighted by molar-refractivity contribution is 5.43. The van der Waals surface area contributed by atoms with Gasteiger partial charge in [0, 0.05) is 6.61 Å². The van der Waals surface area contributed by atoms with E-state index in [1.807, 2.05) is 25.2 Å². The molecule has 0 saturated carbocycles. The first kappa shape index (κ1) is 16.8. The van der Waals surface area contributed by atoms with Gasteiger partial charge in [-0.15, -0.1) is 0 Å². The predicted molar refractivity (Wildman–Crippen MR) is 81.6 cm³/mol. The predicted octanol–water partition coefficient (Wildman–Crippen LogP) is 3.03. The van der Waals surface area contributed by atoms with Gasteiger partial charge in [-0.3, -0.25) is 0 Å². The summed E-state index contributed by atoms with van der Waals surface area (Å²) in [6, 6.07) is 6.11. The van der Waals surface area contributed by atoms with Crippen LogP contribution in [0.4, 0.5) is 0 Å². The van der Waals surface area contributed by atoms with E-state index in [4.69, 9.17) is 14.2 Å². The van der Waals surface area contributed by atoms with E-state index < -0.39 is 0 Å². The molecule has 1 aromatic rings. The van der Waals surface area contributed by atoms with Crippen molar-refractivity contribution in [2.75, 3.05) is 34.5 Å². The Hall–Kier alpha value is -1.26. The van der Waals surface area contributed by atoms with Crippen LogP contribution in [-0.2, 0) is 4.74 Å². The Balaban J connectivity index is 2.64. The van der Waals surface area contributed by atoms with Crippen LogP contribution < -0.4 is 14.8 Å². The van der Waals surface area contributed by atoms with Gasteiger partial charge in [-0.25, -0.2) is 0 Å². The van der Waals surface area contributed by atoms with Crippen molar-refractivity contribution in [3.63, 3.8) is 0 Å². The highest BCUT2D eigenvalue weighted by Gasteiger charge is 2.13. The van der Waals surface area contributed by atoms with Gasteiger partial charge in [0.05, 0.1) is 26.9 Å². The SMILES string of the molecule is CNC(COCCC(C)C)c1ccc(OC)c(OC)c1. The van der Waals surface area contributed by atoms with Gasteiger partial charge in [0.2, 0.25) is 0 Å². The summed E-state index contributed by atoms with van der Waals surface area (Å²) in [7, 11) is 5.23. The zero-order valence-corrected chi connectivity index (χ0v) is 13.2. The average molecular weight is 281 g/mol. The first-order valence-electron chi connectivity index (χ1n) is 7.09. The molecular weight excluding hydrogens is 254 g/mol. The van der Waals surface area contributed by atoms with Gasteiger partial charge in [-0.2, -0.15) is 0 Å². The summed E-state index contributed by atoms with van der Waals surface area (Å²) >= 11 is 0. The monoisotopic (exact) mass is 281 g/mol. The molecule has 0 saturated heterocycles. The van der Waals surface area contributed by atoms with Crippen molar-refractivity contribution in [2.24, 2.45) is 5.92 Å². The lowest BCUT2D eigenvalue weighted by Crippen LogP contribution is -2.22. The Morgan fingerprint density at radius 1 is 1.10 bits per heavy atom. The second kappa shape index (κ2) is 8.82. The smallest absolute Gasteiger partial charge is 0.161 e. The number of ether oxygens (including phenoxy) is 3. The molecule has 0 aromatic heterocycles. The van der Waals surface area contributed by atoms with E-state index in [2.05, 4.69) is 19.2 Å². The molecule has 0 aliphatic carbocycles. The Labute approximate surface area is 122 Å². The van der Waals surface area contributed by atoms with Crippen LogP contribution in [0, 0.1) is 5.92 Å². The van der Waals surface area contributed by atoms with Gasteiger partial charge in [0.25, 0.3) is 0 Å². The molecule has 1 unspecified atom stereocenters. The third-order valence-electron chi connectivity index (χ3n) is 3.28. The Kier molecular flexibility index (Phi) is 7.41. The number of hydrogen-bond donors (Lipinski definition) is 1. The third kappa shape index (κ3) is 5.02. The normalized spacial score (nSPS) is 12.5. The lowest BCUT2D eigenvalue weighted by molar-refractivity contribution is 0.104. The van der Waals surface area contributed by atoms with Crippen LogP contribution in [0.2, 0.25) is 0 Å². The van der Waals surface area contributed by atoms with Gasteiger partial charge >= 0.3 is 0 Å². The van der Waals surface area contributed by atoms with Crippen molar-refractivity contribution >= 4 is 0 Å². The number of methoxy groups -OCH3 is 2. The van der Waals surface area contributed by atoms with Crippen molar-refractivity contribution in [1.82, 2.24) is 5.32 Å². The number of benzene rings is 1. The minimum absolute atomic E-state index is 0.155. The maximum atomic E-state index is 5.75. The highest BCUT2D eigenvalue weighted by atomic mass is 16.5. The molecule has 20 heavy (non-hydrogen) atoms. The Morgan fingerprint density at radius 3 is 2.35 bits per heavy atom. The zero-order chi connectivity index (χ0) is 15.0. The maximum Gasteiger partial charge on any atom is 0.161 e. The molecule has 4 nitrogen and oxygen atoms in total. The van der Waals surface area contributed by atoms with E-state index >= 15 is 0 Å². The number of rotatable bonds is 9. The summed E-state index contributed by atoms with van der Waals surface area (Å²) in [5, 5.41) is 3.27. The topological polar surface area (TPSA) is 39.7 Å². The largest absolute Gasteiger partial charge is 0.493 e. The first-order chi connectivity index (χ1) is 9.62. The summed E-state index contributed by atoms with van der Waals surface area (Å²) in [6.07, 6.45) is 1.09. The molecule has 1 rings (SSSR count). The molecule has 1 N–H and O–H groups in total. The van der Waals surface area contributed by atoms with Crippen molar-refractivity contribution in [3.05, 3.63) is 23.8 Å². The second-order valence-corrected chi connectivity index (χ2v) is 5.21. The summed E-state index contributed by atoms with van der Waals surface area (Å²) < 4.78 is 16.3. The highest BCUT2D eigenvalue weighted by Crippen LogP contribution is 2.30. The molecular formula is C16H27NO3. The number of likely N-dealkylation sites (N-methyl/N-ethyl adjacent to an activating group) is 1. The van der Waals surface area contributed by atoms with Crippen molar-refractivity contribution in [3.8, 4) is 11.5 Å².